The largest absolute Gasteiger partial charge is 0.507 e. The van der Waals surface area contributed by atoms with Gasteiger partial charge in [-0.15, -0.1) is 0 Å². The first-order valence-electron chi connectivity index (χ1n) is 34.3. The maximum absolute atomic E-state index is 12.6. The Morgan fingerprint density at radius 3 is 1.96 bits per heavy atom. The van der Waals surface area contributed by atoms with E-state index >= 15 is 0 Å². The maximum atomic E-state index is 12.6. The number of phenols is 2. The fourth-order valence-electron chi connectivity index (χ4n) is 21.6. The SMILES string of the molecule is C.C.C.COC1=C[C@@H]2[C@@H]3Cc4ccc(C)c(O)c4[C@]2(CCN3C)CC1=O.COC1C[C@@H]2[C@@H]3Cc4ccc(C)c(O)c4[C@]2(CCN3C)CC1=O.Cc1ccc2c(c1)[C@@]13CCN(CC4CC4)[C@@H](C2)[C@@]1(O)CCC(=O)C3.Cc1ccc2c3c1O[C@@H]1C(=O)CC[C@]4(O)[C@H](C2)NCC[C@@]314. The highest BCUT2D eigenvalue weighted by Crippen LogP contribution is 2.64. The lowest BCUT2D eigenvalue weighted by molar-refractivity contribution is -0.173. The summed E-state index contributed by atoms with van der Waals surface area (Å²) >= 11 is 0. The molecule has 8 fully saturated rings. The van der Waals surface area contributed by atoms with Crippen LogP contribution in [0.15, 0.2) is 66.4 Å². The van der Waals surface area contributed by atoms with Crippen molar-refractivity contribution in [2.45, 2.75) is 235 Å². The van der Waals surface area contributed by atoms with Gasteiger partial charge in [0.15, 0.2) is 29.2 Å². The van der Waals surface area contributed by atoms with E-state index in [1.165, 1.54) is 46.2 Å². The van der Waals surface area contributed by atoms with Crippen LogP contribution in [0.4, 0.5) is 0 Å². The summed E-state index contributed by atoms with van der Waals surface area (Å²) in [7, 11) is 7.55. The van der Waals surface area contributed by atoms with E-state index in [4.69, 9.17) is 14.2 Å². The Morgan fingerprint density at radius 2 is 1.28 bits per heavy atom. The van der Waals surface area contributed by atoms with Crippen molar-refractivity contribution in [3.05, 3.63) is 133 Å². The van der Waals surface area contributed by atoms with E-state index in [0.29, 0.717) is 86.0 Å². The second-order valence-electron chi connectivity index (χ2n) is 30.8. The van der Waals surface area contributed by atoms with Gasteiger partial charge in [0.25, 0.3) is 0 Å². The van der Waals surface area contributed by atoms with Crippen LogP contribution in [-0.4, -0.2) is 167 Å². The van der Waals surface area contributed by atoms with Crippen LogP contribution >= 0.6 is 0 Å². The molecule has 18 rings (SSSR count). The van der Waals surface area contributed by atoms with Gasteiger partial charge in [-0.1, -0.05) is 82.4 Å². The van der Waals surface area contributed by atoms with Crippen molar-refractivity contribution >= 4 is 23.1 Å². The molecule has 15 heteroatoms. The second-order valence-corrected chi connectivity index (χ2v) is 30.8. The highest BCUT2D eigenvalue weighted by molar-refractivity contribution is 5.96. The van der Waals surface area contributed by atoms with Crippen LogP contribution in [0.5, 0.6) is 17.2 Å². The molecule has 4 aromatic rings. The minimum absolute atomic E-state index is 0. The molecule has 1 unspecified atom stereocenters. The lowest BCUT2D eigenvalue weighted by Crippen LogP contribution is -2.76. The number of nitrogens with zero attached hydrogens (tertiary/aromatic N) is 3. The molecule has 14 atom stereocenters. The third kappa shape index (κ3) is 9.77. The Kier molecular flexibility index (Phi) is 17.7. The summed E-state index contributed by atoms with van der Waals surface area (Å²) in [4.78, 5) is 57.5. The van der Waals surface area contributed by atoms with Crippen LogP contribution < -0.4 is 10.1 Å². The van der Waals surface area contributed by atoms with Crippen molar-refractivity contribution in [1.82, 2.24) is 20.0 Å². The molecule has 0 radical (unpaired) electrons. The number of likely N-dealkylation sites (tertiary alicyclic amines) is 3. The van der Waals surface area contributed by atoms with Gasteiger partial charge in [0.1, 0.15) is 29.1 Å². The number of carbonyl (C=O) groups is 4. The number of rotatable bonds is 4. The zero-order valence-corrected chi connectivity index (χ0v) is 54.7. The highest BCUT2D eigenvalue weighted by Gasteiger charge is 2.72. The Labute approximate surface area is 558 Å². The molecular formula is C79H106N4O11. The number of allylic oxidation sites excluding steroid dienone is 1. The van der Waals surface area contributed by atoms with Crippen molar-refractivity contribution < 1.29 is 53.8 Å². The van der Waals surface area contributed by atoms with Crippen LogP contribution in [0, 0.1) is 45.4 Å². The molecule has 4 aromatic carbocycles. The van der Waals surface area contributed by atoms with E-state index in [0.717, 1.165) is 136 Å². The number of likely N-dealkylation sites (N-methyl/N-ethyl adjacent to an activating group) is 2. The van der Waals surface area contributed by atoms with E-state index in [1.807, 2.05) is 39.0 Å². The number of hydrogen-bond acceptors (Lipinski definition) is 15. The quantitative estimate of drug-likeness (QED) is 0.129. The third-order valence-corrected chi connectivity index (χ3v) is 26.5. The van der Waals surface area contributed by atoms with E-state index < -0.39 is 22.7 Å². The molecule has 94 heavy (non-hydrogen) atoms. The van der Waals surface area contributed by atoms with Crippen LogP contribution in [0.25, 0.3) is 0 Å². The van der Waals surface area contributed by atoms with Gasteiger partial charge >= 0.3 is 0 Å². The predicted molar refractivity (Wildman–Crippen MR) is 365 cm³/mol. The third-order valence-electron chi connectivity index (χ3n) is 26.5. The number of methoxy groups -OCH3 is 2. The first-order valence-corrected chi connectivity index (χ1v) is 34.3. The number of ether oxygens (including phenoxy) is 3. The van der Waals surface area contributed by atoms with Crippen LogP contribution in [0.1, 0.15) is 179 Å². The fraction of sp³-hybridized carbons (Fsp3) is 0.620. The number of nitrogens with one attached hydrogen (secondary N) is 1. The van der Waals surface area contributed by atoms with Gasteiger partial charge in [0.2, 0.25) is 0 Å². The first kappa shape index (κ1) is 68.2. The number of aliphatic hydroxyl groups is 2. The smallest absolute Gasteiger partial charge is 0.197 e. The standard InChI is InChI=1S/C21H27NO2.C19H25NO3.C19H23NO3.C17H19NO3.3CH4/c1-14-2-5-16-11-19-21(24)7-6-17(23)12-20(21,18(16)10-14)8-9-22(19)13-15-3-4-15;2*1-11-4-5-12-8-14-13-9-16(23-3)15(21)10-19(13,6-7-20(14)2)17(12)18(11)22;1-9-2-3-10-8-12-17(20)5-4-11(19)15-16(17,6-7-18-12)13(10)14(9)21-15;;;/h2,5,10,15,19,24H,3-4,6-9,11-13H2,1H3;4-5,13-14,16,22H,6-10H2,1-3H3;4-5,9,13-14,22H,6-8,10H2,1-3H3;2-3,12,15,18,20H,4-8H2,1H3;3*1H4/t19-,20-,21-;13-,14+,16?,19-;13-,14+,19-;12-,15+,16+,17-;;;/m0110.../s1. The van der Waals surface area contributed by atoms with E-state index in [-0.39, 0.29) is 80.0 Å². The maximum Gasteiger partial charge on any atom is 0.197 e. The average molecular weight is 1290 g/mol. The summed E-state index contributed by atoms with van der Waals surface area (Å²) in [6.07, 6.45) is 15.5. The number of benzene rings is 4. The molecule has 8 bridgehead atoms. The molecule has 14 aliphatic rings. The Hall–Kier alpha value is -5.78. The van der Waals surface area contributed by atoms with Gasteiger partial charge in [0, 0.05) is 109 Å². The minimum Gasteiger partial charge on any atom is -0.507 e. The normalized spacial score (nSPS) is 36.3. The second kappa shape index (κ2) is 24.3. The number of Topliss-reactive ketones (excluding diaryl/α,β-unsaturated/α-hetero) is 4. The van der Waals surface area contributed by atoms with Crippen molar-refractivity contribution in [1.29, 1.82) is 0 Å². The number of hydrogen-bond donors (Lipinski definition) is 5. The lowest BCUT2D eigenvalue weighted by atomic mass is 9.49. The number of aryl methyl sites for hydroxylation is 4. The molecule has 5 N–H and O–H groups in total. The topological polar surface area (TPSA) is 199 Å². The van der Waals surface area contributed by atoms with Crippen LogP contribution in [-0.2, 0) is 76.0 Å². The molecule has 4 saturated heterocycles. The van der Waals surface area contributed by atoms with Gasteiger partial charge < -0.3 is 49.8 Å². The summed E-state index contributed by atoms with van der Waals surface area (Å²) in [5, 5.41) is 48.5. The number of fused-ring (bicyclic) bond motifs is 3. The summed E-state index contributed by atoms with van der Waals surface area (Å²) in [6, 6.07) is 20.2. The van der Waals surface area contributed by atoms with Crippen molar-refractivity contribution in [3.63, 3.8) is 0 Å². The predicted octanol–water partition coefficient (Wildman–Crippen LogP) is 10.2. The number of ketones is 4. The molecule has 508 valence electrons. The number of aromatic hydroxyl groups is 2. The Balaban J connectivity index is 0.000000119. The van der Waals surface area contributed by atoms with Crippen molar-refractivity contribution in [3.8, 4) is 17.2 Å². The highest BCUT2D eigenvalue weighted by atomic mass is 16.5. The number of phenolic OH excluding ortho intramolecular Hbond substituents is 2. The van der Waals surface area contributed by atoms with Crippen molar-refractivity contribution in [2.75, 3.05) is 61.0 Å². The summed E-state index contributed by atoms with van der Waals surface area (Å²) < 4.78 is 16.9. The number of piperidine rings is 4. The average Bonchev–Trinajstić information content (AvgIpc) is 1.40. The van der Waals surface area contributed by atoms with E-state index in [2.05, 4.69) is 83.5 Å². The molecule has 4 saturated carbocycles. The molecule has 9 aliphatic carbocycles. The Bertz CT molecular complexity index is 3750. The van der Waals surface area contributed by atoms with Gasteiger partial charge in [-0.2, -0.15) is 0 Å². The zero-order valence-electron chi connectivity index (χ0n) is 54.7. The summed E-state index contributed by atoms with van der Waals surface area (Å²) in [5.41, 5.74) is 10.7. The Morgan fingerprint density at radius 1 is 0.649 bits per heavy atom. The van der Waals surface area contributed by atoms with Crippen LogP contribution in [0.2, 0.25) is 0 Å². The van der Waals surface area contributed by atoms with E-state index in [9.17, 15) is 39.6 Å². The molecule has 0 amide bonds. The molecular weight excluding hydrogens is 1180 g/mol. The van der Waals surface area contributed by atoms with Gasteiger partial charge in [-0.05, 0) is 214 Å². The van der Waals surface area contributed by atoms with Crippen LogP contribution in [0.3, 0.4) is 0 Å². The van der Waals surface area contributed by atoms with Crippen molar-refractivity contribution in [2.24, 2.45) is 17.8 Å². The number of carbonyl (C=O) groups excluding carboxylic acids is 4. The van der Waals surface area contributed by atoms with Gasteiger partial charge in [-0.25, -0.2) is 0 Å². The molecule has 5 aliphatic heterocycles. The zero-order chi connectivity index (χ0) is 63.6. The molecule has 15 nitrogen and oxygen atoms in total. The van der Waals surface area contributed by atoms with Gasteiger partial charge in [-0.3, -0.25) is 24.1 Å². The summed E-state index contributed by atoms with van der Waals surface area (Å²) in [5.74, 6) is 4.34. The molecule has 5 heterocycles. The molecule has 0 aromatic heterocycles. The minimum atomic E-state index is -0.851. The van der Waals surface area contributed by atoms with E-state index in [1.54, 1.807) is 14.2 Å². The lowest BCUT2D eigenvalue weighted by Gasteiger charge is -2.63. The molecule has 1 spiro atoms. The first-order chi connectivity index (χ1) is 43.5. The van der Waals surface area contributed by atoms with Gasteiger partial charge in [0.05, 0.1) is 23.7 Å². The summed E-state index contributed by atoms with van der Waals surface area (Å²) in [6.45, 7) is 13.0. The monoisotopic (exact) mass is 1290 g/mol. The fourth-order valence-corrected chi connectivity index (χ4v) is 21.6.